The molecule has 3 rings (SSSR count). The lowest BCUT2D eigenvalue weighted by molar-refractivity contribution is -0.134. The number of hydrogen-bond donors (Lipinski definition) is 1. The van der Waals surface area contributed by atoms with Crippen LogP contribution < -0.4 is 10.1 Å². The van der Waals surface area contributed by atoms with Crippen molar-refractivity contribution in [2.45, 2.75) is 45.7 Å². The minimum absolute atomic E-state index is 0.343. The zero-order chi connectivity index (χ0) is 16.2. The molecule has 0 unspecified atom stereocenters. The zero-order valence-electron chi connectivity index (χ0n) is 14.3. The van der Waals surface area contributed by atoms with Gasteiger partial charge in [0.1, 0.15) is 5.75 Å². The van der Waals surface area contributed by atoms with Gasteiger partial charge in [-0.05, 0) is 49.8 Å². The Hall–Kier alpha value is -1.55. The first-order chi connectivity index (χ1) is 11.2. The minimum atomic E-state index is 0.343. The number of carbonyl (C=O) groups is 1. The molecule has 2 atom stereocenters. The smallest absolute Gasteiger partial charge is 0.225 e. The maximum absolute atomic E-state index is 12.2. The Morgan fingerprint density at radius 2 is 2.00 bits per heavy atom. The number of nitrogens with zero attached hydrogens (tertiary/aromatic N) is 1. The molecular weight excluding hydrogens is 288 g/mol. The second-order valence-corrected chi connectivity index (χ2v) is 6.89. The number of hydrogen-bond acceptors (Lipinski definition) is 3. The maximum Gasteiger partial charge on any atom is 0.225 e. The molecule has 0 radical (unpaired) electrons. The Balaban J connectivity index is 1.46. The van der Waals surface area contributed by atoms with E-state index in [2.05, 4.69) is 29.3 Å². The number of nitrogens with one attached hydrogen (secondary N) is 1. The van der Waals surface area contributed by atoms with Crippen molar-refractivity contribution in [2.75, 3.05) is 19.7 Å². The highest BCUT2D eigenvalue weighted by Gasteiger charge is 2.36. The van der Waals surface area contributed by atoms with E-state index in [1.54, 1.807) is 0 Å². The lowest BCUT2D eigenvalue weighted by Crippen LogP contribution is -2.50. The van der Waals surface area contributed by atoms with E-state index in [0.717, 1.165) is 44.6 Å². The largest absolute Gasteiger partial charge is 0.494 e. The van der Waals surface area contributed by atoms with E-state index in [-0.39, 0.29) is 0 Å². The molecule has 4 nitrogen and oxygen atoms in total. The van der Waals surface area contributed by atoms with Crippen molar-refractivity contribution in [2.24, 2.45) is 11.8 Å². The molecule has 1 aliphatic heterocycles. The van der Waals surface area contributed by atoms with Gasteiger partial charge in [0.25, 0.3) is 0 Å². The first-order valence-corrected chi connectivity index (χ1v) is 8.91. The topological polar surface area (TPSA) is 41.6 Å². The second kappa shape index (κ2) is 7.35. The summed E-state index contributed by atoms with van der Waals surface area (Å²) in [6.45, 7) is 7.63. The number of rotatable bonds is 6. The average Bonchev–Trinajstić information content (AvgIpc) is 3.39. The Kier molecular flexibility index (Phi) is 5.21. The van der Waals surface area contributed by atoms with E-state index in [0.29, 0.717) is 30.4 Å². The molecule has 1 N–H and O–H groups in total. The van der Waals surface area contributed by atoms with Gasteiger partial charge in [-0.3, -0.25) is 4.79 Å². The summed E-state index contributed by atoms with van der Waals surface area (Å²) in [5, 5.41) is 3.66. The van der Waals surface area contributed by atoms with Gasteiger partial charge in [0.2, 0.25) is 5.91 Å². The van der Waals surface area contributed by atoms with Gasteiger partial charge in [0, 0.05) is 31.6 Å². The SMILES string of the molecule is CCOc1ccc(CN[C@@H]2CCN(C(=O)C3CC3)C[C@H]2C)cc1. The minimum Gasteiger partial charge on any atom is -0.494 e. The second-order valence-electron chi connectivity index (χ2n) is 6.89. The molecule has 0 bridgehead atoms. The molecule has 1 saturated heterocycles. The number of likely N-dealkylation sites (tertiary alicyclic amines) is 1. The molecule has 1 heterocycles. The quantitative estimate of drug-likeness (QED) is 0.877. The standard InChI is InChI=1S/C19H28N2O2/c1-3-23-17-8-4-15(5-9-17)12-20-18-10-11-21(13-14(18)2)19(22)16-6-7-16/h4-5,8-9,14,16,18,20H,3,6-7,10-13H2,1-2H3/t14-,18-/m1/s1. The van der Waals surface area contributed by atoms with Crippen molar-refractivity contribution in [3.63, 3.8) is 0 Å². The van der Waals surface area contributed by atoms with Crippen LogP contribution in [0.2, 0.25) is 0 Å². The van der Waals surface area contributed by atoms with Crippen molar-refractivity contribution in [3.05, 3.63) is 29.8 Å². The van der Waals surface area contributed by atoms with Crippen molar-refractivity contribution in [3.8, 4) is 5.75 Å². The van der Waals surface area contributed by atoms with Crippen LogP contribution in [0, 0.1) is 11.8 Å². The van der Waals surface area contributed by atoms with Gasteiger partial charge in [-0.25, -0.2) is 0 Å². The van der Waals surface area contributed by atoms with Gasteiger partial charge in [-0.1, -0.05) is 19.1 Å². The van der Waals surface area contributed by atoms with E-state index in [4.69, 9.17) is 4.74 Å². The van der Waals surface area contributed by atoms with Crippen LogP contribution in [0.3, 0.4) is 0 Å². The molecule has 2 aliphatic rings. The molecule has 0 aromatic heterocycles. The third-order valence-electron chi connectivity index (χ3n) is 4.95. The highest BCUT2D eigenvalue weighted by molar-refractivity contribution is 5.81. The van der Waals surface area contributed by atoms with E-state index < -0.39 is 0 Å². The summed E-state index contributed by atoms with van der Waals surface area (Å²) in [6, 6.07) is 8.79. The summed E-state index contributed by atoms with van der Waals surface area (Å²) in [7, 11) is 0. The first-order valence-electron chi connectivity index (χ1n) is 8.91. The summed E-state index contributed by atoms with van der Waals surface area (Å²) < 4.78 is 5.47. The van der Waals surface area contributed by atoms with Gasteiger partial charge in [0.15, 0.2) is 0 Å². The van der Waals surface area contributed by atoms with Gasteiger partial charge in [-0.2, -0.15) is 0 Å². The summed E-state index contributed by atoms with van der Waals surface area (Å²) in [6.07, 6.45) is 3.25. The predicted molar refractivity (Wildman–Crippen MR) is 91.3 cm³/mol. The fraction of sp³-hybridized carbons (Fsp3) is 0.632. The van der Waals surface area contributed by atoms with Crippen LogP contribution in [0.1, 0.15) is 38.7 Å². The normalized spacial score (nSPS) is 24.5. The molecule has 1 saturated carbocycles. The lowest BCUT2D eigenvalue weighted by Gasteiger charge is -2.37. The van der Waals surface area contributed by atoms with E-state index in [1.807, 2.05) is 19.1 Å². The number of amides is 1. The molecule has 1 amide bonds. The molecule has 1 aromatic rings. The van der Waals surface area contributed by atoms with Crippen molar-refractivity contribution in [1.82, 2.24) is 10.2 Å². The van der Waals surface area contributed by atoms with Crippen molar-refractivity contribution in [1.29, 1.82) is 0 Å². The highest BCUT2D eigenvalue weighted by atomic mass is 16.5. The summed E-state index contributed by atoms with van der Waals surface area (Å²) in [4.78, 5) is 14.3. The Labute approximate surface area is 139 Å². The lowest BCUT2D eigenvalue weighted by atomic mass is 9.93. The van der Waals surface area contributed by atoms with E-state index in [9.17, 15) is 4.79 Å². The number of piperidine rings is 1. The molecule has 23 heavy (non-hydrogen) atoms. The highest BCUT2D eigenvalue weighted by Crippen LogP contribution is 2.32. The Morgan fingerprint density at radius 1 is 1.26 bits per heavy atom. The zero-order valence-corrected chi connectivity index (χ0v) is 14.3. The molecule has 0 spiro atoms. The van der Waals surface area contributed by atoms with Gasteiger partial charge < -0.3 is 15.0 Å². The molecule has 1 aromatic carbocycles. The number of benzene rings is 1. The van der Waals surface area contributed by atoms with Crippen LogP contribution in [0.15, 0.2) is 24.3 Å². The van der Waals surface area contributed by atoms with Crippen molar-refractivity contribution >= 4 is 5.91 Å². The maximum atomic E-state index is 12.2. The predicted octanol–water partition coefficient (Wildman–Crippen LogP) is 2.82. The number of ether oxygens (including phenoxy) is 1. The summed E-state index contributed by atoms with van der Waals surface area (Å²) >= 11 is 0. The third kappa shape index (κ3) is 4.25. The summed E-state index contributed by atoms with van der Waals surface area (Å²) in [5.41, 5.74) is 1.28. The fourth-order valence-corrected chi connectivity index (χ4v) is 3.36. The Morgan fingerprint density at radius 3 is 2.61 bits per heavy atom. The molecule has 2 fully saturated rings. The monoisotopic (exact) mass is 316 g/mol. The fourth-order valence-electron chi connectivity index (χ4n) is 3.36. The molecular formula is C19H28N2O2. The summed E-state index contributed by atoms with van der Waals surface area (Å²) in [5.74, 6) is 2.17. The van der Waals surface area contributed by atoms with Crippen LogP contribution in [0.25, 0.3) is 0 Å². The van der Waals surface area contributed by atoms with E-state index >= 15 is 0 Å². The van der Waals surface area contributed by atoms with Gasteiger partial charge in [-0.15, -0.1) is 0 Å². The van der Waals surface area contributed by atoms with Crippen LogP contribution in [0.4, 0.5) is 0 Å². The molecule has 1 aliphatic carbocycles. The first kappa shape index (κ1) is 16.3. The van der Waals surface area contributed by atoms with Gasteiger partial charge in [0.05, 0.1) is 6.61 Å². The van der Waals surface area contributed by atoms with Crippen LogP contribution in [-0.4, -0.2) is 36.5 Å². The number of carbonyl (C=O) groups excluding carboxylic acids is 1. The van der Waals surface area contributed by atoms with Crippen molar-refractivity contribution < 1.29 is 9.53 Å². The van der Waals surface area contributed by atoms with Crippen LogP contribution in [-0.2, 0) is 11.3 Å². The molecule has 126 valence electrons. The molecule has 4 heteroatoms. The average molecular weight is 316 g/mol. The van der Waals surface area contributed by atoms with Crippen LogP contribution >= 0.6 is 0 Å². The van der Waals surface area contributed by atoms with Crippen LogP contribution in [0.5, 0.6) is 5.75 Å². The van der Waals surface area contributed by atoms with E-state index in [1.165, 1.54) is 5.56 Å². The Bertz CT molecular complexity index is 525. The van der Waals surface area contributed by atoms with Gasteiger partial charge >= 0.3 is 0 Å². The third-order valence-corrected chi connectivity index (χ3v) is 4.95.